The summed E-state index contributed by atoms with van der Waals surface area (Å²) in [5.41, 5.74) is 7.92. The number of aryl methyl sites for hydroxylation is 1. The van der Waals surface area contributed by atoms with Crippen LogP contribution in [0.3, 0.4) is 0 Å². The standard InChI is InChI=1S/C28H28BrN5S/c1-18-17-24(19(2)33(18)22-10-8-20(29)9-11-22)27-26(25-7-5-6-16-30-25)31-28(35)34(27)23-14-12-21(13-15-23)32(3)4/h5-17,26-27H,1-4H3,(H,31,35)/t26-,27-/m1/s1. The van der Waals surface area contributed by atoms with Gasteiger partial charge in [-0.25, -0.2) is 0 Å². The van der Waals surface area contributed by atoms with Gasteiger partial charge in [0, 0.05) is 53.2 Å². The number of pyridine rings is 1. The van der Waals surface area contributed by atoms with Gasteiger partial charge in [-0.1, -0.05) is 22.0 Å². The monoisotopic (exact) mass is 545 g/mol. The van der Waals surface area contributed by atoms with Gasteiger partial charge in [0.05, 0.1) is 17.8 Å². The molecule has 0 spiro atoms. The lowest BCUT2D eigenvalue weighted by Gasteiger charge is -2.28. The van der Waals surface area contributed by atoms with Gasteiger partial charge in [-0.2, -0.15) is 0 Å². The zero-order valence-electron chi connectivity index (χ0n) is 20.2. The molecular weight excluding hydrogens is 518 g/mol. The summed E-state index contributed by atoms with van der Waals surface area (Å²) in [7, 11) is 4.10. The van der Waals surface area contributed by atoms with E-state index in [9.17, 15) is 0 Å². The molecular formula is C28H28BrN5S. The molecule has 0 amide bonds. The number of benzene rings is 2. The zero-order chi connectivity index (χ0) is 24.7. The highest BCUT2D eigenvalue weighted by atomic mass is 79.9. The molecule has 4 aromatic rings. The van der Waals surface area contributed by atoms with Gasteiger partial charge in [-0.05, 0) is 98.4 Å². The molecule has 1 aliphatic rings. The number of halogens is 1. The van der Waals surface area contributed by atoms with Crippen LogP contribution in [0, 0.1) is 13.8 Å². The van der Waals surface area contributed by atoms with Gasteiger partial charge in [0.2, 0.25) is 0 Å². The van der Waals surface area contributed by atoms with Crippen LogP contribution in [0.15, 0.2) is 83.5 Å². The molecule has 1 saturated heterocycles. The molecule has 2 aromatic heterocycles. The number of nitrogens with zero attached hydrogens (tertiary/aromatic N) is 4. The van der Waals surface area contributed by atoms with E-state index in [1.165, 1.54) is 17.0 Å². The van der Waals surface area contributed by atoms with Gasteiger partial charge in [0.15, 0.2) is 5.11 Å². The molecule has 0 saturated carbocycles. The fourth-order valence-corrected chi connectivity index (χ4v) is 5.55. The molecule has 5 rings (SSSR count). The Hall–Kier alpha value is -3.16. The Balaban J connectivity index is 1.65. The third-order valence-corrected chi connectivity index (χ3v) is 7.46. The van der Waals surface area contributed by atoms with Gasteiger partial charge in [-0.3, -0.25) is 4.98 Å². The highest BCUT2D eigenvalue weighted by Crippen LogP contribution is 2.44. The molecule has 178 valence electrons. The van der Waals surface area contributed by atoms with E-state index < -0.39 is 0 Å². The maximum atomic E-state index is 5.92. The molecule has 2 atom stereocenters. The average molecular weight is 547 g/mol. The normalized spacial score (nSPS) is 17.5. The maximum Gasteiger partial charge on any atom is 0.174 e. The van der Waals surface area contributed by atoms with Crippen LogP contribution < -0.4 is 15.1 Å². The van der Waals surface area contributed by atoms with Crippen molar-refractivity contribution >= 4 is 44.6 Å². The first kappa shape index (κ1) is 23.6. The van der Waals surface area contributed by atoms with E-state index in [1.807, 2.05) is 32.4 Å². The third kappa shape index (κ3) is 4.34. The summed E-state index contributed by atoms with van der Waals surface area (Å²) in [6.07, 6.45) is 1.84. The first-order valence-electron chi connectivity index (χ1n) is 11.6. The van der Waals surface area contributed by atoms with E-state index in [1.54, 1.807) is 0 Å². The fraction of sp³-hybridized carbons (Fsp3) is 0.214. The van der Waals surface area contributed by atoms with Crippen molar-refractivity contribution in [2.45, 2.75) is 25.9 Å². The molecule has 0 unspecified atom stereocenters. The Morgan fingerprint density at radius 1 is 0.943 bits per heavy atom. The number of thiocarbonyl (C=S) groups is 1. The largest absolute Gasteiger partial charge is 0.378 e. The van der Waals surface area contributed by atoms with Crippen LogP contribution in [0.2, 0.25) is 0 Å². The van der Waals surface area contributed by atoms with Gasteiger partial charge >= 0.3 is 0 Å². The van der Waals surface area contributed by atoms with E-state index >= 15 is 0 Å². The molecule has 1 N–H and O–H groups in total. The van der Waals surface area contributed by atoms with Crippen molar-refractivity contribution < 1.29 is 0 Å². The van der Waals surface area contributed by atoms with Crippen molar-refractivity contribution in [3.8, 4) is 5.69 Å². The van der Waals surface area contributed by atoms with Gasteiger partial charge in [0.1, 0.15) is 0 Å². The van der Waals surface area contributed by atoms with Crippen molar-refractivity contribution in [1.82, 2.24) is 14.9 Å². The predicted molar refractivity (Wildman–Crippen MR) is 152 cm³/mol. The summed E-state index contributed by atoms with van der Waals surface area (Å²) in [6.45, 7) is 4.35. The number of hydrogen-bond acceptors (Lipinski definition) is 3. The highest BCUT2D eigenvalue weighted by Gasteiger charge is 2.42. The number of hydrogen-bond donors (Lipinski definition) is 1. The Bertz CT molecular complexity index is 1350. The highest BCUT2D eigenvalue weighted by molar-refractivity contribution is 9.10. The molecule has 2 aromatic carbocycles. The molecule has 1 aliphatic heterocycles. The van der Waals surface area contributed by atoms with E-state index in [2.05, 4.69) is 110 Å². The molecule has 0 bridgehead atoms. The number of nitrogens with one attached hydrogen (secondary N) is 1. The second-order valence-corrected chi connectivity index (χ2v) is 10.3. The summed E-state index contributed by atoms with van der Waals surface area (Å²) in [6, 6.07) is 25.2. The van der Waals surface area contributed by atoms with Crippen LogP contribution in [0.1, 0.15) is 34.7 Å². The molecule has 0 radical (unpaired) electrons. The minimum Gasteiger partial charge on any atom is -0.378 e. The Morgan fingerprint density at radius 3 is 2.26 bits per heavy atom. The third-order valence-electron chi connectivity index (χ3n) is 6.62. The molecule has 0 aliphatic carbocycles. The minimum absolute atomic E-state index is 0.0435. The summed E-state index contributed by atoms with van der Waals surface area (Å²) in [4.78, 5) is 9.04. The topological polar surface area (TPSA) is 36.3 Å². The van der Waals surface area contributed by atoms with Crippen molar-refractivity contribution in [3.05, 3.63) is 106 Å². The molecule has 1 fully saturated rings. The van der Waals surface area contributed by atoms with E-state index in [4.69, 9.17) is 17.2 Å². The molecule has 5 nitrogen and oxygen atoms in total. The summed E-state index contributed by atoms with van der Waals surface area (Å²) < 4.78 is 3.38. The lowest BCUT2D eigenvalue weighted by atomic mass is 9.96. The van der Waals surface area contributed by atoms with E-state index in [0.717, 1.165) is 27.2 Å². The Kier molecular flexibility index (Phi) is 6.38. The van der Waals surface area contributed by atoms with Crippen LogP contribution in [-0.4, -0.2) is 28.8 Å². The quantitative estimate of drug-likeness (QED) is 0.290. The number of aromatic nitrogens is 2. The smallest absolute Gasteiger partial charge is 0.174 e. The van der Waals surface area contributed by atoms with Crippen LogP contribution in [-0.2, 0) is 0 Å². The van der Waals surface area contributed by atoms with Crippen LogP contribution in [0.4, 0.5) is 11.4 Å². The van der Waals surface area contributed by atoms with Gasteiger partial charge < -0.3 is 19.7 Å². The van der Waals surface area contributed by atoms with Gasteiger partial charge in [-0.15, -0.1) is 0 Å². The first-order valence-corrected chi connectivity index (χ1v) is 12.8. The summed E-state index contributed by atoms with van der Waals surface area (Å²) >= 11 is 9.47. The van der Waals surface area contributed by atoms with Crippen LogP contribution in [0.25, 0.3) is 5.69 Å². The predicted octanol–water partition coefficient (Wildman–Crippen LogP) is 6.49. The fourth-order valence-electron chi connectivity index (χ4n) is 4.93. The lowest BCUT2D eigenvalue weighted by molar-refractivity contribution is 0.565. The van der Waals surface area contributed by atoms with Crippen LogP contribution >= 0.6 is 28.1 Å². The summed E-state index contributed by atoms with van der Waals surface area (Å²) in [5.74, 6) is 0. The second-order valence-electron chi connectivity index (χ2n) is 9.05. The second kappa shape index (κ2) is 9.47. The Labute approximate surface area is 220 Å². The lowest BCUT2D eigenvalue weighted by Crippen LogP contribution is -2.29. The maximum absolute atomic E-state index is 5.92. The van der Waals surface area contributed by atoms with Crippen molar-refractivity contribution in [1.29, 1.82) is 0 Å². The first-order chi connectivity index (χ1) is 16.8. The van der Waals surface area contributed by atoms with Crippen molar-refractivity contribution in [2.24, 2.45) is 0 Å². The van der Waals surface area contributed by atoms with Crippen molar-refractivity contribution in [2.75, 3.05) is 23.9 Å². The number of rotatable bonds is 5. The summed E-state index contributed by atoms with van der Waals surface area (Å²) in [5, 5.41) is 4.28. The SMILES string of the molecule is Cc1cc([C@@H]2[C@@H](c3ccccn3)NC(=S)N2c2ccc(N(C)C)cc2)c(C)n1-c1ccc(Br)cc1. The zero-order valence-corrected chi connectivity index (χ0v) is 22.6. The van der Waals surface area contributed by atoms with Crippen molar-refractivity contribution in [3.63, 3.8) is 0 Å². The molecule has 7 heteroatoms. The average Bonchev–Trinajstić information content (AvgIpc) is 3.35. The molecule has 35 heavy (non-hydrogen) atoms. The Morgan fingerprint density at radius 2 is 1.63 bits per heavy atom. The van der Waals surface area contributed by atoms with E-state index in [-0.39, 0.29) is 12.1 Å². The van der Waals surface area contributed by atoms with Crippen LogP contribution in [0.5, 0.6) is 0 Å². The number of anilines is 2. The van der Waals surface area contributed by atoms with Gasteiger partial charge in [0.25, 0.3) is 0 Å². The van der Waals surface area contributed by atoms with E-state index in [0.29, 0.717) is 5.11 Å². The minimum atomic E-state index is -0.0731. The molecule has 3 heterocycles.